The highest BCUT2D eigenvalue weighted by Gasteiger charge is 2.58. The minimum absolute atomic E-state index is 0.0707. The lowest BCUT2D eigenvalue weighted by atomic mass is 9.84. The lowest BCUT2D eigenvalue weighted by Crippen LogP contribution is -2.48. The van der Waals surface area contributed by atoms with E-state index in [9.17, 15) is 18.7 Å². The molecule has 0 aliphatic carbocycles. The van der Waals surface area contributed by atoms with Gasteiger partial charge in [-0.2, -0.15) is 13.9 Å². The first-order valence-electron chi connectivity index (χ1n) is 17.3. The smallest absolute Gasteiger partial charge is 0.350 e. The molecule has 0 bridgehead atoms. The van der Waals surface area contributed by atoms with Gasteiger partial charge in [0.2, 0.25) is 0 Å². The van der Waals surface area contributed by atoms with E-state index < -0.39 is 41.0 Å². The van der Waals surface area contributed by atoms with Crippen LogP contribution in [0.25, 0.3) is 16.8 Å². The zero-order valence-corrected chi connectivity index (χ0v) is 29.8. The zero-order chi connectivity index (χ0) is 38.3. The molecule has 0 spiro atoms. The third kappa shape index (κ3) is 7.20. The molecule has 0 saturated carbocycles. The van der Waals surface area contributed by atoms with E-state index in [4.69, 9.17) is 0 Å². The van der Waals surface area contributed by atoms with E-state index in [0.717, 1.165) is 78.0 Å². The number of alkyl halides is 2. The molecule has 1 unspecified atom stereocenters. The van der Waals surface area contributed by atoms with E-state index in [1.165, 1.54) is 16.9 Å². The second-order valence-corrected chi connectivity index (χ2v) is 14.5. The minimum atomic E-state index is -4.15. The van der Waals surface area contributed by atoms with Crippen molar-refractivity contribution in [1.29, 1.82) is 0 Å². The summed E-state index contributed by atoms with van der Waals surface area (Å²) in [4.78, 5) is 21.4. The Morgan fingerprint density at radius 2 is 1.37 bits per heavy atom. The molecule has 1 N–H and O–H groups in total. The molecule has 3 aromatic heterocycles. The molecule has 3 aromatic carbocycles. The number of rotatable bonds is 10. The average molecular weight is 743 g/mol. The highest BCUT2D eigenvalue weighted by Crippen LogP contribution is 2.47. The van der Waals surface area contributed by atoms with E-state index in [0.29, 0.717) is 18.2 Å². The van der Waals surface area contributed by atoms with E-state index >= 15 is 8.78 Å². The van der Waals surface area contributed by atoms with Crippen LogP contribution < -0.4 is 15.5 Å². The van der Waals surface area contributed by atoms with Gasteiger partial charge in [-0.25, -0.2) is 27.5 Å². The number of nitrogens with zero attached hydrogens (tertiary/aromatic N) is 10. The van der Waals surface area contributed by atoms with Crippen LogP contribution in [0.5, 0.6) is 0 Å². The number of piperazine rings is 1. The molecule has 1 fully saturated rings. The van der Waals surface area contributed by atoms with Gasteiger partial charge >= 0.3 is 11.6 Å². The third-order valence-electron chi connectivity index (χ3n) is 9.46. The van der Waals surface area contributed by atoms with Gasteiger partial charge in [0.15, 0.2) is 5.60 Å². The number of pyridine rings is 1. The molecular weight excluding hydrogens is 704 g/mol. The standard InChI is InChI=1S/C38H38F4N10O2/c1-36(2,3)22-52-35(53)51(25-45-52)31-12-10-30(11-13-31)49-18-16-48(17-19-49)29-8-4-26(5-9-29)27-6-15-34(43-21-27)38(41,42)37(54,23-50-24-44-46-47-50)32-14-7-28(39)20-33(32)40/h4-15,20-21,24-25,54H,16-19,22-23H2,1-3H3. The van der Waals surface area contributed by atoms with Crippen LogP contribution in [0.3, 0.4) is 0 Å². The summed E-state index contributed by atoms with van der Waals surface area (Å²) in [6, 6.07) is 20.0. The largest absolute Gasteiger partial charge is 0.377 e. The Bertz CT molecular complexity index is 2260. The summed E-state index contributed by atoms with van der Waals surface area (Å²) in [5.74, 6) is -6.49. The van der Waals surface area contributed by atoms with Gasteiger partial charge in [0.05, 0.1) is 18.8 Å². The maximum Gasteiger partial charge on any atom is 0.350 e. The molecule has 280 valence electrons. The van der Waals surface area contributed by atoms with Crippen molar-refractivity contribution in [2.24, 2.45) is 5.41 Å². The van der Waals surface area contributed by atoms with Crippen LogP contribution in [-0.2, 0) is 24.6 Å². The van der Waals surface area contributed by atoms with Gasteiger partial charge in [-0.3, -0.25) is 4.98 Å². The van der Waals surface area contributed by atoms with Gasteiger partial charge < -0.3 is 14.9 Å². The average Bonchev–Trinajstić information content (AvgIpc) is 3.80. The van der Waals surface area contributed by atoms with Crippen molar-refractivity contribution in [3.05, 3.63) is 131 Å². The highest BCUT2D eigenvalue weighted by atomic mass is 19.3. The minimum Gasteiger partial charge on any atom is -0.377 e. The zero-order valence-electron chi connectivity index (χ0n) is 29.8. The van der Waals surface area contributed by atoms with Crippen molar-refractivity contribution in [3.63, 3.8) is 0 Å². The second kappa shape index (κ2) is 14.2. The number of hydrogen-bond acceptors (Lipinski definition) is 9. The molecule has 1 aliphatic heterocycles. The van der Waals surface area contributed by atoms with Crippen molar-refractivity contribution in [3.8, 4) is 16.8 Å². The molecule has 1 atom stereocenters. The van der Waals surface area contributed by atoms with Gasteiger partial charge in [-0.1, -0.05) is 39.0 Å². The molecule has 12 nitrogen and oxygen atoms in total. The Morgan fingerprint density at radius 3 is 1.93 bits per heavy atom. The van der Waals surface area contributed by atoms with E-state index in [-0.39, 0.29) is 11.1 Å². The summed E-state index contributed by atoms with van der Waals surface area (Å²) in [6.45, 7) is 8.88. The summed E-state index contributed by atoms with van der Waals surface area (Å²) in [6.07, 6.45) is 3.81. The molecule has 4 heterocycles. The summed E-state index contributed by atoms with van der Waals surface area (Å²) in [5.41, 5.74) is -1.02. The molecule has 54 heavy (non-hydrogen) atoms. The van der Waals surface area contributed by atoms with Gasteiger partial charge in [0, 0.05) is 60.9 Å². The molecule has 7 rings (SSSR count). The van der Waals surface area contributed by atoms with Gasteiger partial charge in [0.1, 0.15) is 30.0 Å². The maximum atomic E-state index is 16.2. The monoisotopic (exact) mass is 742 g/mol. The first-order valence-corrected chi connectivity index (χ1v) is 17.3. The predicted octanol–water partition coefficient (Wildman–Crippen LogP) is 5.41. The number of anilines is 2. The molecule has 6 aromatic rings. The Hall–Kier alpha value is -5.90. The van der Waals surface area contributed by atoms with Crippen LogP contribution in [-0.4, -0.2) is 70.8 Å². The fraction of sp³-hybridized carbons (Fsp3) is 0.316. The molecule has 0 radical (unpaired) electrons. The Balaban J connectivity index is 1.00. The fourth-order valence-electron chi connectivity index (χ4n) is 6.61. The lowest BCUT2D eigenvalue weighted by molar-refractivity contribution is -0.207. The first kappa shape index (κ1) is 36.5. The SMILES string of the molecule is CC(C)(C)Cn1ncn(-c2ccc(N3CCN(c4ccc(-c5ccc(C(F)(F)C(O)(Cn6cnnn6)c6ccc(F)cc6F)nc5)cc4)CC3)cc2)c1=O. The predicted molar refractivity (Wildman–Crippen MR) is 193 cm³/mol. The maximum absolute atomic E-state index is 16.2. The number of tetrazole rings is 1. The van der Waals surface area contributed by atoms with Gasteiger partial charge in [-0.15, -0.1) is 5.10 Å². The molecule has 1 aliphatic rings. The number of hydrogen-bond donors (Lipinski definition) is 1. The molecule has 0 amide bonds. The number of aliphatic hydroxyl groups is 1. The molecule has 1 saturated heterocycles. The van der Waals surface area contributed by atoms with Gasteiger partial charge in [-0.05, 0) is 76.0 Å². The third-order valence-corrected chi connectivity index (χ3v) is 9.46. The highest BCUT2D eigenvalue weighted by molar-refractivity contribution is 5.66. The van der Waals surface area contributed by atoms with Crippen LogP contribution in [0, 0.1) is 17.0 Å². The summed E-state index contributed by atoms with van der Waals surface area (Å²) < 4.78 is 64.7. The van der Waals surface area contributed by atoms with Crippen LogP contribution in [0.1, 0.15) is 32.0 Å². The van der Waals surface area contributed by atoms with Crippen molar-refractivity contribution in [2.75, 3.05) is 36.0 Å². The summed E-state index contributed by atoms with van der Waals surface area (Å²) in [5, 5.41) is 26.1. The summed E-state index contributed by atoms with van der Waals surface area (Å²) in [7, 11) is 0. The van der Waals surface area contributed by atoms with Crippen LogP contribution in [0.2, 0.25) is 0 Å². The van der Waals surface area contributed by atoms with E-state index in [1.807, 2.05) is 48.5 Å². The fourth-order valence-corrected chi connectivity index (χ4v) is 6.61. The first-order chi connectivity index (χ1) is 25.7. The van der Waals surface area contributed by atoms with Crippen molar-refractivity contribution < 1.29 is 22.7 Å². The normalized spacial score (nSPS) is 15.0. The quantitative estimate of drug-likeness (QED) is 0.184. The Morgan fingerprint density at radius 1 is 0.759 bits per heavy atom. The summed E-state index contributed by atoms with van der Waals surface area (Å²) >= 11 is 0. The van der Waals surface area contributed by atoms with Crippen molar-refractivity contribution >= 4 is 11.4 Å². The Labute approximate surface area is 307 Å². The topological polar surface area (TPSA) is 123 Å². The van der Waals surface area contributed by atoms with Crippen molar-refractivity contribution in [1.82, 2.24) is 39.5 Å². The number of halogens is 4. The second-order valence-electron chi connectivity index (χ2n) is 14.5. The van der Waals surface area contributed by atoms with Crippen LogP contribution in [0.4, 0.5) is 28.9 Å². The van der Waals surface area contributed by atoms with Gasteiger partial charge in [0.25, 0.3) is 0 Å². The van der Waals surface area contributed by atoms with Crippen LogP contribution >= 0.6 is 0 Å². The number of aromatic nitrogens is 8. The van der Waals surface area contributed by atoms with Crippen molar-refractivity contribution in [2.45, 2.75) is 45.4 Å². The Kier molecular flexibility index (Phi) is 9.55. The number of benzene rings is 3. The molecular formula is C38H38F4N10O2. The molecule has 16 heteroatoms. The lowest BCUT2D eigenvalue weighted by Gasteiger charge is -2.37. The van der Waals surface area contributed by atoms with Crippen LogP contribution in [0.15, 0.2) is 103 Å². The van der Waals surface area contributed by atoms with E-state index in [1.54, 1.807) is 10.9 Å². The van der Waals surface area contributed by atoms with E-state index in [2.05, 4.69) is 56.2 Å².